The Hall–Kier alpha value is -2.42. The molecule has 0 amide bonds. The number of imidazole rings is 1. The van der Waals surface area contributed by atoms with Gasteiger partial charge in [0.05, 0.1) is 6.33 Å². The van der Waals surface area contributed by atoms with Crippen LogP contribution < -0.4 is 5.32 Å². The van der Waals surface area contributed by atoms with E-state index in [0.717, 1.165) is 11.3 Å². The van der Waals surface area contributed by atoms with Crippen molar-refractivity contribution in [3.05, 3.63) is 77.5 Å². The molecule has 1 fully saturated rings. The molecule has 0 radical (unpaired) electrons. The van der Waals surface area contributed by atoms with Crippen LogP contribution in [0.4, 0.5) is 10.1 Å². The lowest BCUT2D eigenvalue weighted by Gasteiger charge is -2.21. The van der Waals surface area contributed by atoms with Crippen molar-refractivity contribution >= 4 is 27.3 Å². The van der Waals surface area contributed by atoms with Crippen LogP contribution in [0.15, 0.2) is 66.1 Å². The molecule has 0 aliphatic carbocycles. The van der Waals surface area contributed by atoms with E-state index in [4.69, 9.17) is 11.6 Å². The van der Waals surface area contributed by atoms with Crippen molar-refractivity contribution in [2.24, 2.45) is 7.05 Å². The number of rotatable bonds is 5. The van der Waals surface area contributed by atoms with Gasteiger partial charge in [-0.1, -0.05) is 23.7 Å². The first kappa shape index (κ1) is 19.9. The van der Waals surface area contributed by atoms with E-state index in [1.54, 1.807) is 35.9 Å². The first-order valence-corrected chi connectivity index (χ1v) is 10.9. The second-order valence-corrected chi connectivity index (χ2v) is 9.44. The van der Waals surface area contributed by atoms with Crippen LogP contribution >= 0.6 is 11.6 Å². The van der Waals surface area contributed by atoms with Gasteiger partial charge in [0.2, 0.25) is 0 Å². The topological polar surface area (TPSA) is 67.2 Å². The molecule has 0 spiro atoms. The normalized spacial score (nSPS) is 20.1. The summed E-state index contributed by atoms with van der Waals surface area (Å²) in [4.78, 5) is 4.01. The van der Waals surface area contributed by atoms with Crippen molar-refractivity contribution < 1.29 is 12.8 Å². The van der Waals surface area contributed by atoms with Crippen molar-refractivity contribution in [1.29, 1.82) is 0 Å². The summed E-state index contributed by atoms with van der Waals surface area (Å²) in [5.41, 5.74) is 1.71. The average Bonchev–Trinajstić information content (AvgIpc) is 3.32. The summed E-state index contributed by atoms with van der Waals surface area (Å²) in [5, 5.41) is 4.05. The van der Waals surface area contributed by atoms with Gasteiger partial charge in [-0.05, 0) is 42.0 Å². The van der Waals surface area contributed by atoms with Crippen molar-refractivity contribution in [3.63, 3.8) is 0 Å². The molecule has 4 rings (SSSR count). The largest absolute Gasteiger partial charge is 0.380 e. The van der Waals surface area contributed by atoms with Gasteiger partial charge >= 0.3 is 0 Å². The van der Waals surface area contributed by atoms with Crippen molar-refractivity contribution in [1.82, 2.24) is 13.9 Å². The first-order chi connectivity index (χ1) is 13.8. The van der Waals surface area contributed by atoms with E-state index in [1.165, 1.54) is 29.0 Å². The van der Waals surface area contributed by atoms with E-state index in [0.29, 0.717) is 5.02 Å². The molecule has 3 aromatic rings. The summed E-state index contributed by atoms with van der Waals surface area (Å²) in [7, 11) is -2.01. The molecule has 2 unspecified atom stereocenters. The molecule has 1 aliphatic rings. The standard InChI is InChI=1S/C20H20ClFN4O2S/c1-25-12-20(23-13-25)29(27,28)26-10-18(14-2-6-16(22)7-3-14)19(11-26)24-17-8-4-15(21)5-9-17/h2-9,12-13,18-19,24H,10-11H2,1H3. The molecule has 1 aliphatic heterocycles. The molecule has 9 heteroatoms. The maximum Gasteiger partial charge on any atom is 0.262 e. The SMILES string of the molecule is Cn1cnc(S(=O)(=O)N2CC(Nc3ccc(Cl)cc3)C(c3ccc(F)cc3)C2)c1. The highest BCUT2D eigenvalue weighted by molar-refractivity contribution is 7.89. The molecule has 0 bridgehead atoms. The molecular formula is C20H20ClFN4O2S. The smallest absolute Gasteiger partial charge is 0.262 e. The summed E-state index contributed by atoms with van der Waals surface area (Å²) >= 11 is 5.96. The van der Waals surface area contributed by atoms with E-state index >= 15 is 0 Å². The van der Waals surface area contributed by atoms with E-state index in [2.05, 4.69) is 10.3 Å². The van der Waals surface area contributed by atoms with Crippen LogP contribution in [0.25, 0.3) is 0 Å². The number of hydrogen-bond acceptors (Lipinski definition) is 4. The first-order valence-electron chi connectivity index (χ1n) is 9.08. The van der Waals surface area contributed by atoms with Gasteiger partial charge in [-0.3, -0.25) is 0 Å². The molecular weight excluding hydrogens is 415 g/mol. The highest BCUT2D eigenvalue weighted by atomic mass is 35.5. The molecule has 2 heterocycles. The molecule has 1 aromatic heterocycles. The molecule has 2 atom stereocenters. The van der Waals surface area contributed by atoms with E-state index in [-0.39, 0.29) is 35.9 Å². The van der Waals surface area contributed by atoms with E-state index in [1.807, 2.05) is 12.1 Å². The van der Waals surface area contributed by atoms with Gasteiger partial charge in [0, 0.05) is 49.0 Å². The van der Waals surface area contributed by atoms with Crippen molar-refractivity contribution in [2.45, 2.75) is 17.0 Å². The van der Waals surface area contributed by atoms with Crippen LogP contribution in [-0.4, -0.2) is 41.4 Å². The van der Waals surface area contributed by atoms with E-state index in [9.17, 15) is 12.8 Å². The van der Waals surface area contributed by atoms with Gasteiger partial charge in [0.25, 0.3) is 10.0 Å². The number of nitrogens with zero attached hydrogens (tertiary/aromatic N) is 3. The van der Waals surface area contributed by atoms with Gasteiger partial charge in [0.1, 0.15) is 5.82 Å². The predicted octanol–water partition coefficient (Wildman–Crippen LogP) is 3.48. The fraction of sp³-hybridized carbons (Fsp3) is 0.250. The number of sulfonamides is 1. The average molecular weight is 435 g/mol. The lowest BCUT2D eigenvalue weighted by molar-refractivity contribution is 0.468. The van der Waals surface area contributed by atoms with Gasteiger partial charge in [-0.15, -0.1) is 0 Å². The third-order valence-electron chi connectivity index (χ3n) is 5.07. The van der Waals surface area contributed by atoms with Crippen LogP contribution in [0.2, 0.25) is 5.02 Å². The lowest BCUT2D eigenvalue weighted by atomic mass is 9.94. The number of anilines is 1. The Morgan fingerprint density at radius 3 is 2.41 bits per heavy atom. The minimum atomic E-state index is -3.73. The Bertz CT molecular complexity index is 1100. The summed E-state index contributed by atoms with van der Waals surface area (Å²) in [6, 6.07) is 13.2. The highest BCUT2D eigenvalue weighted by Crippen LogP contribution is 2.33. The summed E-state index contributed by atoms with van der Waals surface area (Å²) < 4.78 is 42.6. The van der Waals surface area contributed by atoms with Gasteiger partial charge in [0.15, 0.2) is 5.03 Å². The van der Waals surface area contributed by atoms with Crippen LogP contribution in [0, 0.1) is 5.82 Å². The van der Waals surface area contributed by atoms with Crippen LogP contribution in [0.3, 0.4) is 0 Å². The Morgan fingerprint density at radius 2 is 1.79 bits per heavy atom. The van der Waals surface area contributed by atoms with Gasteiger partial charge < -0.3 is 9.88 Å². The van der Waals surface area contributed by atoms with Crippen molar-refractivity contribution in [3.8, 4) is 0 Å². The Balaban J connectivity index is 1.65. The second kappa shape index (κ2) is 7.78. The summed E-state index contributed by atoms with van der Waals surface area (Å²) in [6.45, 7) is 0.541. The third-order valence-corrected chi connectivity index (χ3v) is 7.04. The molecule has 0 saturated carbocycles. The summed E-state index contributed by atoms with van der Waals surface area (Å²) in [6.07, 6.45) is 2.95. The zero-order valence-electron chi connectivity index (χ0n) is 15.7. The third kappa shape index (κ3) is 4.14. The number of halogens is 2. The maximum atomic E-state index is 13.4. The van der Waals surface area contributed by atoms with Crippen LogP contribution in [0.1, 0.15) is 11.5 Å². The molecule has 29 heavy (non-hydrogen) atoms. The number of benzene rings is 2. The minimum absolute atomic E-state index is 0.0185. The molecule has 1 saturated heterocycles. The highest BCUT2D eigenvalue weighted by Gasteiger charge is 2.41. The monoisotopic (exact) mass is 434 g/mol. The number of aryl methyl sites for hydroxylation is 1. The van der Waals surface area contributed by atoms with Gasteiger partial charge in [-0.25, -0.2) is 17.8 Å². The quantitative estimate of drug-likeness (QED) is 0.667. The second-order valence-electron chi connectivity index (χ2n) is 7.12. The number of aromatic nitrogens is 2. The lowest BCUT2D eigenvalue weighted by Crippen LogP contribution is -2.32. The van der Waals surface area contributed by atoms with Crippen molar-refractivity contribution in [2.75, 3.05) is 18.4 Å². The number of nitrogens with one attached hydrogen (secondary N) is 1. The zero-order valence-corrected chi connectivity index (χ0v) is 17.2. The molecule has 1 N–H and O–H groups in total. The number of hydrogen-bond donors (Lipinski definition) is 1. The summed E-state index contributed by atoms with van der Waals surface area (Å²) in [5.74, 6) is -0.475. The van der Waals surface area contributed by atoms with Crippen LogP contribution in [-0.2, 0) is 17.1 Å². The molecule has 152 valence electrons. The molecule has 2 aromatic carbocycles. The van der Waals surface area contributed by atoms with Gasteiger partial charge in [-0.2, -0.15) is 4.31 Å². The maximum absolute atomic E-state index is 13.4. The zero-order chi connectivity index (χ0) is 20.6. The Kier molecular flexibility index (Phi) is 5.33. The van der Waals surface area contributed by atoms with E-state index < -0.39 is 10.0 Å². The fourth-order valence-corrected chi connectivity index (χ4v) is 5.16. The van der Waals surface area contributed by atoms with Crippen LogP contribution in [0.5, 0.6) is 0 Å². The Morgan fingerprint density at radius 1 is 1.10 bits per heavy atom. The molecule has 6 nitrogen and oxygen atoms in total. The fourth-order valence-electron chi connectivity index (χ4n) is 3.57. The Labute approximate surface area is 174 Å². The predicted molar refractivity (Wildman–Crippen MR) is 110 cm³/mol. The minimum Gasteiger partial charge on any atom is -0.380 e.